The fraction of sp³-hybridized carbons (Fsp3) is 0.276. The van der Waals surface area contributed by atoms with Gasteiger partial charge in [0.25, 0.3) is 0 Å². The lowest BCUT2D eigenvalue weighted by atomic mass is 9.97. The van der Waals surface area contributed by atoms with Crippen molar-refractivity contribution in [3.8, 4) is 21.9 Å². The highest BCUT2D eigenvalue weighted by Crippen LogP contribution is 2.40. The largest absolute Gasteiger partial charge is 0.492 e. The lowest BCUT2D eigenvalue weighted by Crippen LogP contribution is -2.19. The summed E-state index contributed by atoms with van der Waals surface area (Å²) in [6.45, 7) is 2.93. The minimum atomic E-state index is 0.0172. The standard InChI is InChI=1S/C29H32N2O3S/c1-30(2)17-19-33-23-13-9-21(10-14-23)28(32)27-25-7-5-6-8-26(25)35-29(27)22-11-15-24(16-12-22)34-20-18-31(3)4/h5-16H,17-20H2,1-4H3. The Balaban J connectivity index is 1.60. The van der Waals surface area contributed by atoms with Gasteiger partial charge in [0, 0.05) is 39.2 Å². The molecule has 0 radical (unpaired) electrons. The summed E-state index contributed by atoms with van der Waals surface area (Å²) in [5.74, 6) is 1.61. The average Bonchev–Trinajstić information content (AvgIpc) is 3.23. The van der Waals surface area contributed by atoms with Crippen LogP contribution in [-0.2, 0) is 0 Å². The average molecular weight is 489 g/mol. The second-order valence-electron chi connectivity index (χ2n) is 8.98. The molecule has 0 aliphatic heterocycles. The van der Waals surface area contributed by atoms with E-state index in [2.05, 4.69) is 15.9 Å². The Morgan fingerprint density at radius 2 is 1.29 bits per heavy atom. The Morgan fingerprint density at radius 3 is 1.86 bits per heavy atom. The van der Waals surface area contributed by atoms with Crippen LogP contribution in [0.2, 0.25) is 0 Å². The Bertz CT molecular complexity index is 1260. The summed E-state index contributed by atoms with van der Waals surface area (Å²) >= 11 is 1.65. The lowest BCUT2D eigenvalue weighted by molar-refractivity contribution is 0.104. The highest BCUT2D eigenvalue weighted by atomic mass is 32.1. The van der Waals surface area contributed by atoms with Crippen molar-refractivity contribution >= 4 is 27.2 Å². The third-order valence-corrected chi connectivity index (χ3v) is 6.89. The normalized spacial score (nSPS) is 11.4. The molecule has 0 aliphatic rings. The van der Waals surface area contributed by atoms with E-state index in [0.717, 1.165) is 50.7 Å². The van der Waals surface area contributed by atoms with E-state index in [1.54, 1.807) is 11.3 Å². The first-order valence-corrected chi connectivity index (χ1v) is 12.6. The van der Waals surface area contributed by atoms with Crippen LogP contribution < -0.4 is 9.47 Å². The lowest BCUT2D eigenvalue weighted by Gasteiger charge is -2.12. The van der Waals surface area contributed by atoms with Gasteiger partial charge >= 0.3 is 0 Å². The number of hydrogen-bond donors (Lipinski definition) is 0. The van der Waals surface area contributed by atoms with Gasteiger partial charge in [-0.25, -0.2) is 0 Å². The van der Waals surface area contributed by atoms with Gasteiger partial charge < -0.3 is 19.3 Å². The molecule has 4 rings (SSSR count). The fourth-order valence-corrected chi connectivity index (χ4v) is 4.92. The first-order chi connectivity index (χ1) is 16.9. The molecule has 4 aromatic rings. The summed E-state index contributed by atoms with van der Waals surface area (Å²) in [7, 11) is 8.08. The highest BCUT2D eigenvalue weighted by molar-refractivity contribution is 7.22. The van der Waals surface area contributed by atoms with Gasteiger partial charge in [-0.3, -0.25) is 4.79 Å². The third-order valence-electron chi connectivity index (χ3n) is 5.67. The highest BCUT2D eigenvalue weighted by Gasteiger charge is 2.21. The van der Waals surface area contributed by atoms with Crippen molar-refractivity contribution in [1.82, 2.24) is 9.80 Å². The van der Waals surface area contributed by atoms with Gasteiger partial charge in [0.1, 0.15) is 24.7 Å². The van der Waals surface area contributed by atoms with Crippen molar-refractivity contribution in [1.29, 1.82) is 0 Å². The number of thiophene rings is 1. The van der Waals surface area contributed by atoms with E-state index in [4.69, 9.17) is 9.47 Å². The van der Waals surface area contributed by atoms with Gasteiger partial charge in [0.05, 0.1) is 0 Å². The number of benzene rings is 3. The monoisotopic (exact) mass is 488 g/mol. The number of hydrogen-bond acceptors (Lipinski definition) is 6. The molecule has 6 heteroatoms. The van der Waals surface area contributed by atoms with Gasteiger partial charge in [-0.1, -0.05) is 18.2 Å². The van der Waals surface area contributed by atoms with E-state index < -0.39 is 0 Å². The second kappa shape index (κ2) is 11.5. The van der Waals surface area contributed by atoms with E-state index in [1.165, 1.54) is 0 Å². The molecule has 0 saturated carbocycles. The first-order valence-electron chi connectivity index (χ1n) is 11.7. The van der Waals surface area contributed by atoms with Crippen LogP contribution in [-0.4, -0.2) is 70.1 Å². The Hall–Kier alpha value is -3.19. The van der Waals surface area contributed by atoms with Crippen molar-refractivity contribution in [2.75, 3.05) is 54.5 Å². The maximum atomic E-state index is 13.7. The topological polar surface area (TPSA) is 42.0 Å². The molecule has 1 heterocycles. The number of ketones is 1. The smallest absolute Gasteiger partial charge is 0.195 e. The Morgan fingerprint density at radius 1 is 0.743 bits per heavy atom. The van der Waals surface area contributed by atoms with Crippen LogP contribution in [0.15, 0.2) is 72.8 Å². The second-order valence-corrected chi connectivity index (χ2v) is 10.0. The predicted octanol–water partition coefficient (Wildman–Crippen LogP) is 5.68. The molecule has 0 amide bonds. The van der Waals surface area contributed by atoms with Crippen LogP contribution in [0.3, 0.4) is 0 Å². The summed E-state index contributed by atoms with van der Waals surface area (Å²) in [6, 6.07) is 23.6. The molecule has 0 atom stereocenters. The van der Waals surface area contributed by atoms with Crippen LogP contribution in [0.1, 0.15) is 15.9 Å². The van der Waals surface area contributed by atoms with Gasteiger partial charge in [-0.05, 0) is 88.4 Å². The van der Waals surface area contributed by atoms with Crippen LogP contribution in [0.25, 0.3) is 20.5 Å². The summed E-state index contributed by atoms with van der Waals surface area (Å²) in [5, 5.41) is 0.982. The van der Waals surface area contributed by atoms with Crippen LogP contribution >= 0.6 is 11.3 Å². The molecule has 3 aromatic carbocycles. The molecule has 0 spiro atoms. The number of carbonyl (C=O) groups is 1. The van der Waals surface area contributed by atoms with Crippen LogP contribution in [0.5, 0.6) is 11.5 Å². The predicted molar refractivity (Wildman–Crippen MR) is 145 cm³/mol. The summed E-state index contributed by atoms with van der Waals surface area (Å²) in [5.41, 5.74) is 2.41. The molecule has 0 aliphatic carbocycles. The van der Waals surface area contributed by atoms with Crippen molar-refractivity contribution in [2.45, 2.75) is 0 Å². The first kappa shape index (κ1) is 24.9. The van der Waals surface area contributed by atoms with Crippen molar-refractivity contribution < 1.29 is 14.3 Å². The van der Waals surface area contributed by atoms with E-state index in [0.29, 0.717) is 18.8 Å². The number of carbonyl (C=O) groups excluding carboxylic acids is 1. The summed E-state index contributed by atoms with van der Waals surface area (Å²) < 4.78 is 12.7. The zero-order chi connectivity index (χ0) is 24.8. The van der Waals surface area contributed by atoms with Gasteiger partial charge in [0.15, 0.2) is 5.78 Å². The zero-order valence-electron chi connectivity index (χ0n) is 20.8. The molecule has 0 bridgehead atoms. The molecule has 0 unspecified atom stereocenters. The molecular weight excluding hydrogens is 456 g/mol. The van der Waals surface area contributed by atoms with Crippen molar-refractivity contribution in [3.05, 3.63) is 83.9 Å². The molecule has 35 heavy (non-hydrogen) atoms. The number of rotatable bonds is 11. The summed E-state index contributed by atoms with van der Waals surface area (Å²) in [4.78, 5) is 18.9. The molecular formula is C29H32N2O3S. The Labute approximate surface area is 211 Å². The van der Waals surface area contributed by atoms with Crippen LogP contribution in [0, 0.1) is 0 Å². The van der Waals surface area contributed by atoms with Gasteiger partial charge in [-0.2, -0.15) is 0 Å². The van der Waals surface area contributed by atoms with Gasteiger partial charge in [-0.15, -0.1) is 11.3 Å². The number of nitrogens with zero attached hydrogens (tertiary/aromatic N) is 2. The maximum Gasteiger partial charge on any atom is 0.195 e. The maximum absolute atomic E-state index is 13.7. The third kappa shape index (κ3) is 6.28. The summed E-state index contributed by atoms with van der Waals surface area (Å²) in [6.07, 6.45) is 0. The molecule has 1 aromatic heterocycles. The van der Waals surface area contributed by atoms with E-state index >= 15 is 0 Å². The van der Waals surface area contributed by atoms with E-state index in [1.807, 2.05) is 94.9 Å². The Kier molecular flexibility index (Phi) is 8.18. The van der Waals surface area contributed by atoms with Gasteiger partial charge in [0.2, 0.25) is 0 Å². The number of ether oxygens (including phenoxy) is 2. The molecule has 0 saturated heterocycles. The zero-order valence-corrected chi connectivity index (χ0v) is 21.6. The minimum Gasteiger partial charge on any atom is -0.492 e. The molecule has 0 N–H and O–H groups in total. The molecule has 0 fully saturated rings. The number of likely N-dealkylation sites (N-methyl/N-ethyl adjacent to an activating group) is 2. The SMILES string of the molecule is CN(C)CCOc1ccc(C(=O)c2c(-c3ccc(OCCN(C)C)cc3)sc3ccccc23)cc1. The quantitative estimate of drug-likeness (QED) is 0.254. The van der Waals surface area contributed by atoms with E-state index in [-0.39, 0.29) is 5.78 Å². The van der Waals surface area contributed by atoms with Crippen molar-refractivity contribution in [2.24, 2.45) is 0 Å². The number of fused-ring (bicyclic) bond motifs is 1. The molecule has 5 nitrogen and oxygen atoms in total. The minimum absolute atomic E-state index is 0.0172. The van der Waals surface area contributed by atoms with E-state index in [9.17, 15) is 4.79 Å². The molecule has 182 valence electrons. The van der Waals surface area contributed by atoms with Crippen molar-refractivity contribution in [3.63, 3.8) is 0 Å². The fourth-order valence-electron chi connectivity index (χ4n) is 3.72. The van der Waals surface area contributed by atoms with Crippen LogP contribution in [0.4, 0.5) is 0 Å².